The van der Waals surface area contributed by atoms with Crippen molar-refractivity contribution in [1.82, 2.24) is 5.32 Å². The minimum absolute atomic E-state index is 0.326. The molecule has 0 radical (unpaired) electrons. The maximum absolute atomic E-state index is 14.1. The molecular formula is C16H19F2NO. The molecule has 0 saturated carbocycles. The van der Waals surface area contributed by atoms with Crippen LogP contribution in [0.1, 0.15) is 41.8 Å². The Labute approximate surface area is 117 Å². The summed E-state index contributed by atoms with van der Waals surface area (Å²) in [5.41, 5.74) is 1.76. The van der Waals surface area contributed by atoms with Crippen LogP contribution in [0.15, 0.2) is 28.9 Å². The number of hydrogen-bond acceptors (Lipinski definition) is 2. The van der Waals surface area contributed by atoms with E-state index in [-0.39, 0.29) is 6.04 Å². The summed E-state index contributed by atoms with van der Waals surface area (Å²) in [6.45, 7) is 6.26. The van der Waals surface area contributed by atoms with Crippen molar-refractivity contribution in [2.45, 2.75) is 33.2 Å². The molecule has 1 unspecified atom stereocenters. The first-order valence-corrected chi connectivity index (χ1v) is 6.77. The molecule has 1 aromatic heterocycles. The van der Waals surface area contributed by atoms with Gasteiger partial charge in [0.05, 0.1) is 12.3 Å². The molecule has 2 nitrogen and oxygen atoms in total. The Morgan fingerprint density at radius 1 is 1.15 bits per heavy atom. The van der Waals surface area contributed by atoms with E-state index in [1.165, 1.54) is 0 Å². The van der Waals surface area contributed by atoms with E-state index in [1.54, 1.807) is 19.3 Å². The zero-order valence-corrected chi connectivity index (χ0v) is 12.0. The standard InChI is InChI=1S/C16H19F2NO/c1-4-6-19-16(12-5-7-20-11(12)3)13-8-10(2)14(17)9-15(13)18/h5,7-9,16,19H,4,6H2,1-3H3. The van der Waals surface area contributed by atoms with Gasteiger partial charge in [-0.25, -0.2) is 8.78 Å². The highest BCUT2D eigenvalue weighted by molar-refractivity contribution is 5.36. The second-order valence-corrected chi connectivity index (χ2v) is 4.94. The molecule has 0 fully saturated rings. The van der Waals surface area contributed by atoms with Gasteiger partial charge in [0.25, 0.3) is 0 Å². The zero-order chi connectivity index (χ0) is 14.7. The highest BCUT2D eigenvalue weighted by Crippen LogP contribution is 2.29. The first-order valence-electron chi connectivity index (χ1n) is 6.77. The van der Waals surface area contributed by atoms with E-state index >= 15 is 0 Å². The first-order chi connectivity index (χ1) is 9.54. The molecule has 20 heavy (non-hydrogen) atoms. The fraction of sp³-hybridized carbons (Fsp3) is 0.375. The molecule has 1 N–H and O–H groups in total. The van der Waals surface area contributed by atoms with Crippen LogP contribution in [0.3, 0.4) is 0 Å². The summed E-state index contributed by atoms with van der Waals surface area (Å²) >= 11 is 0. The number of halogens is 2. The second-order valence-electron chi connectivity index (χ2n) is 4.94. The van der Waals surface area contributed by atoms with Crippen LogP contribution in [0.4, 0.5) is 8.78 Å². The zero-order valence-electron chi connectivity index (χ0n) is 12.0. The van der Waals surface area contributed by atoms with Gasteiger partial charge in [0, 0.05) is 17.2 Å². The average Bonchev–Trinajstić information content (AvgIpc) is 2.82. The number of benzene rings is 1. The molecule has 1 aromatic carbocycles. The summed E-state index contributed by atoms with van der Waals surface area (Å²) in [4.78, 5) is 0. The van der Waals surface area contributed by atoms with Crippen LogP contribution in [0.25, 0.3) is 0 Å². The molecule has 4 heteroatoms. The number of nitrogens with one attached hydrogen (secondary N) is 1. The van der Waals surface area contributed by atoms with Gasteiger partial charge < -0.3 is 9.73 Å². The highest BCUT2D eigenvalue weighted by atomic mass is 19.1. The topological polar surface area (TPSA) is 25.2 Å². The molecule has 0 saturated heterocycles. The largest absolute Gasteiger partial charge is 0.469 e. The summed E-state index contributed by atoms with van der Waals surface area (Å²) in [7, 11) is 0. The number of hydrogen-bond donors (Lipinski definition) is 1. The third-order valence-corrected chi connectivity index (χ3v) is 3.40. The SMILES string of the molecule is CCCNC(c1cc(C)c(F)cc1F)c1ccoc1C. The lowest BCUT2D eigenvalue weighted by molar-refractivity contribution is 0.504. The van der Waals surface area contributed by atoms with Crippen LogP contribution < -0.4 is 5.32 Å². The van der Waals surface area contributed by atoms with Gasteiger partial charge >= 0.3 is 0 Å². The summed E-state index contributed by atoms with van der Waals surface area (Å²) in [5, 5.41) is 3.29. The lowest BCUT2D eigenvalue weighted by atomic mass is 9.96. The Balaban J connectivity index is 2.46. The van der Waals surface area contributed by atoms with Crippen molar-refractivity contribution in [3.8, 4) is 0 Å². The van der Waals surface area contributed by atoms with E-state index in [0.717, 1.165) is 30.4 Å². The van der Waals surface area contributed by atoms with Gasteiger partial charge in [0.1, 0.15) is 17.4 Å². The van der Waals surface area contributed by atoms with Crippen molar-refractivity contribution in [3.05, 3.63) is 58.5 Å². The van der Waals surface area contributed by atoms with E-state index < -0.39 is 11.6 Å². The van der Waals surface area contributed by atoms with Crippen LogP contribution in [0.5, 0.6) is 0 Å². The van der Waals surface area contributed by atoms with E-state index in [0.29, 0.717) is 11.1 Å². The average molecular weight is 279 g/mol. The Morgan fingerprint density at radius 2 is 1.90 bits per heavy atom. The maximum Gasteiger partial charge on any atom is 0.131 e. The first kappa shape index (κ1) is 14.7. The Kier molecular flexibility index (Phi) is 4.55. The second kappa shape index (κ2) is 6.18. The maximum atomic E-state index is 14.1. The molecule has 0 spiro atoms. The normalized spacial score (nSPS) is 12.7. The van der Waals surface area contributed by atoms with Gasteiger partial charge in [-0.15, -0.1) is 0 Å². The van der Waals surface area contributed by atoms with Crippen LogP contribution in [0, 0.1) is 25.5 Å². The van der Waals surface area contributed by atoms with Gasteiger partial charge in [0.15, 0.2) is 0 Å². The molecule has 0 bridgehead atoms. The summed E-state index contributed by atoms with van der Waals surface area (Å²) in [6.07, 6.45) is 2.51. The molecule has 1 heterocycles. The van der Waals surface area contributed by atoms with E-state index in [9.17, 15) is 8.78 Å². The third kappa shape index (κ3) is 2.90. The predicted molar refractivity (Wildman–Crippen MR) is 74.7 cm³/mol. The van der Waals surface area contributed by atoms with Crippen LogP contribution in [-0.2, 0) is 0 Å². The molecule has 0 amide bonds. The molecule has 2 aromatic rings. The molecule has 1 atom stereocenters. The van der Waals surface area contributed by atoms with Gasteiger partial charge in [-0.1, -0.05) is 6.92 Å². The lowest BCUT2D eigenvalue weighted by Gasteiger charge is -2.20. The Bertz CT molecular complexity index is 592. The summed E-state index contributed by atoms with van der Waals surface area (Å²) < 4.78 is 32.8. The van der Waals surface area contributed by atoms with Crippen molar-refractivity contribution in [2.75, 3.05) is 6.54 Å². The van der Waals surface area contributed by atoms with Gasteiger partial charge in [-0.3, -0.25) is 0 Å². The van der Waals surface area contributed by atoms with Gasteiger partial charge in [-0.05, 0) is 44.5 Å². The van der Waals surface area contributed by atoms with Crippen molar-refractivity contribution in [1.29, 1.82) is 0 Å². The molecular weight excluding hydrogens is 260 g/mol. The van der Waals surface area contributed by atoms with Crippen LogP contribution >= 0.6 is 0 Å². The third-order valence-electron chi connectivity index (χ3n) is 3.40. The minimum Gasteiger partial charge on any atom is -0.469 e. The molecule has 108 valence electrons. The lowest BCUT2D eigenvalue weighted by Crippen LogP contribution is -2.24. The van der Waals surface area contributed by atoms with Gasteiger partial charge in [-0.2, -0.15) is 0 Å². The molecule has 0 aliphatic carbocycles. The van der Waals surface area contributed by atoms with Crippen molar-refractivity contribution in [2.24, 2.45) is 0 Å². The highest BCUT2D eigenvalue weighted by Gasteiger charge is 2.21. The quantitative estimate of drug-likeness (QED) is 0.884. The van der Waals surface area contributed by atoms with E-state index in [4.69, 9.17) is 4.42 Å². The Morgan fingerprint density at radius 3 is 2.50 bits per heavy atom. The fourth-order valence-corrected chi connectivity index (χ4v) is 2.27. The van der Waals surface area contributed by atoms with Crippen molar-refractivity contribution < 1.29 is 13.2 Å². The number of rotatable bonds is 5. The monoisotopic (exact) mass is 279 g/mol. The summed E-state index contributed by atoms with van der Waals surface area (Å²) in [6, 6.07) is 4.00. The predicted octanol–water partition coefficient (Wildman–Crippen LogP) is 4.26. The summed E-state index contributed by atoms with van der Waals surface area (Å²) in [5.74, 6) is -0.327. The number of furan rings is 1. The molecule has 0 aliphatic rings. The van der Waals surface area contributed by atoms with Crippen LogP contribution in [0.2, 0.25) is 0 Å². The van der Waals surface area contributed by atoms with Crippen LogP contribution in [-0.4, -0.2) is 6.54 Å². The molecule has 0 aliphatic heterocycles. The van der Waals surface area contributed by atoms with E-state index in [2.05, 4.69) is 5.32 Å². The molecule has 2 rings (SSSR count). The van der Waals surface area contributed by atoms with E-state index in [1.807, 2.05) is 19.9 Å². The Hall–Kier alpha value is -1.68. The minimum atomic E-state index is -0.540. The smallest absolute Gasteiger partial charge is 0.131 e. The van der Waals surface area contributed by atoms with Crippen molar-refractivity contribution >= 4 is 0 Å². The van der Waals surface area contributed by atoms with Gasteiger partial charge in [0.2, 0.25) is 0 Å². The van der Waals surface area contributed by atoms with Crippen molar-refractivity contribution in [3.63, 3.8) is 0 Å². The number of aryl methyl sites for hydroxylation is 2. The fourth-order valence-electron chi connectivity index (χ4n) is 2.27.